The minimum absolute atomic E-state index is 0.852. The van der Waals surface area contributed by atoms with Crippen molar-refractivity contribution >= 4 is 51.4 Å². The lowest BCUT2D eigenvalue weighted by atomic mass is 9.92. The summed E-state index contributed by atoms with van der Waals surface area (Å²) in [6.45, 7) is 4.71. The van der Waals surface area contributed by atoms with Gasteiger partial charge in [-0.05, 0) is 75.9 Å². The molecular weight excluding hydrogens is 681 g/mol. The fourth-order valence-corrected chi connectivity index (χ4v) is 7.94. The maximum absolute atomic E-state index is 5.63. The molecule has 0 atom stereocenters. The van der Waals surface area contributed by atoms with Gasteiger partial charge in [0.1, 0.15) is 0 Å². The molecular formula is C52H36N4. The first kappa shape index (κ1) is 33.0. The van der Waals surface area contributed by atoms with Crippen molar-refractivity contribution in [2.75, 3.05) is 0 Å². The summed E-state index contributed by atoms with van der Waals surface area (Å²) in [6, 6.07) is 61.2. The Labute approximate surface area is 325 Å². The van der Waals surface area contributed by atoms with Gasteiger partial charge in [0.2, 0.25) is 0 Å². The highest BCUT2D eigenvalue weighted by molar-refractivity contribution is 6.15. The van der Waals surface area contributed by atoms with Crippen LogP contribution in [0, 0.1) is 0 Å². The normalized spacial score (nSPS) is 12.0. The predicted octanol–water partition coefficient (Wildman–Crippen LogP) is 13.4. The second-order valence-corrected chi connectivity index (χ2v) is 14.0. The largest absolute Gasteiger partial charge is 0.354 e. The third-order valence-corrected chi connectivity index (χ3v) is 10.6. The first-order valence-corrected chi connectivity index (χ1v) is 18.9. The molecule has 2 N–H and O–H groups in total. The fraction of sp³-hybridized carbons (Fsp3) is 0. The summed E-state index contributed by atoms with van der Waals surface area (Å²) >= 11 is 0. The Bertz CT molecular complexity index is 2990. The van der Waals surface area contributed by atoms with Crippen molar-refractivity contribution in [3.8, 4) is 44.5 Å². The van der Waals surface area contributed by atoms with Crippen LogP contribution in [0.15, 0.2) is 183 Å². The molecule has 0 saturated heterocycles. The molecule has 0 unspecified atom stereocenters. The van der Waals surface area contributed by atoms with Gasteiger partial charge < -0.3 is 9.97 Å². The average Bonchev–Trinajstić information content (AvgIpc) is 4.10. The van der Waals surface area contributed by atoms with E-state index in [1.807, 2.05) is 6.07 Å². The van der Waals surface area contributed by atoms with Crippen molar-refractivity contribution in [3.63, 3.8) is 0 Å². The molecule has 0 aliphatic carbocycles. The Morgan fingerprint density at radius 3 is 1.16 bits per heavy atom. The number of nitrogens with zero attached hydrogens (tertiary/aromatic N) is 2. The number of rotatable bonds is 6. The molecule has 5 aromatic carbocycles. The van der Waals surface area contributed by atoms with Gasteiger partial charge in [0.25, 0.3) is 0 Å². The van der Waals surface area contributed by atoms with E-state index in [1.54, 1.807) is 0 Å². The van der Waals surface area contributed by atoms with Crippen LogP contribution in [-0.2, 0) is 0 Å². The Hall–Kier alpha value is -7.56. The van der Waals surface area contributed by atoms with Gasteiger partial charge in [-0.25, -0.2) is 9.97 Å². The Balaban J connectivity index is 1.42. The summed E-state index contributed by atoms with van der Waals surface area (Å²) in [5.74, 6) is 0. The third kappa shape index (κ3) is 5.90. The van der Waals surface area contributed by atoms with Crippen molar-refractivity contribution in [1.82, 2.24) is 19.9 Å². The molecule has 0 radical (unpaired) electrons. The summed E-state index contributed by atoms with van der Waals surface area (Å²) in [4.78, 5) is 18.8. The lowest BCUT2D eigenvalue weighted by molar-refractivity contribution is 1.31. The lowest BCUT2D eigenvalue weighted by Crippen LogP contribution is -1.93. The van der Waals surface area contributed by atoms with Crippen LogP contribution in [0.1, 0.15) is 28.3 Å². The number of hydrogen-bond acceptors (Lipinski definition) is 2. The van der Waals surface area contributed by atoms with Crippen LogP contribution in [0.25, 0.3) is 95.9 Å². The van der Waals surface area contributed by atoms with Gasteiger partial charge in [-0.2, -0.15) is 0 Å². The predicted molar refractivity (Wildman–Crippen MR) is 235 cm³/mol. The maximum Gasteiger partial charge on any atom is 0.0815 e. The molecule has 3 aromatic heterocycles. The summed E-state index contributed by atoms with van der Waals surface area (Å²) in [5, 5.41) is 0. The lowest BCUT2D eigenvalue weighted by Gasteiger charge is -2.12. The van der Waals surface area contributed by atoms with Crippen molar-refractivity contribution < 1.29 is 0 Å². The SMILES string of the molecule is C=C(C1=Cc2nc1c(-c1ccccc1)c1ccc([nH]1)c(-c1ccccc1)c1nc(c(-c3ccccc3)c3ccc([nH]3)c2-c2ccccc2)C=C1)c1ccccc1. The van der Waals surface area contributed by atoms with Crippen LogP contribution >= 0.6 is 0 Å². The van der Waals surface area contributed by atoms with E-state index in [1.165, 1.54) is 0 Å². The topological polar surface area (TPSA) is 57.4 Å². The second-order valence-electron chi connectivity index (χ2n) is 14.0. The highest BCUT2D eigenvalue weighted by atomic mass is 14.8. The Morgan fingerprint density at radius 2 is 0.732 bits per heavy atom. The zero-order chi connectivity index (χ0) is 37.4. The maximum atomic E-state index is 5.63. The standard InChI is InChI=1S/C52H36N4/c1-34(35-17-7-2-8-18-35)40-33-47-50(38-23-13-5-14-24-38)45-30-29-43(54-45)48(36-19-9-3-10-20-36)41-27-28-42(53-41)49(37-21-11-4-12-22-37)44-31-32-46(55-44)51(52(40)56-47)39-25-15-6-16-26-39/h2-33,54-55H,1H2. The van der Waals surface area contributed by atoms with Gasteiger partial charge in [-0.15, -0.1) is 0 Å². The molecule has 8 bridgehead atoms. The van der Waals surface area contributed by atoms with E-state index in [0.29, 0.717) is 0 Å². The molecule has 5 heterocycles. The van der Waals surface area contributed by atoms with E-state index >= 15 is 0 Å². The number of nitrogens with one attached hydrogen (secondary N) is 2. The van der Waals surface area contributed by atoms with Crippen molar-refractivity contribution in [3.05, 3.63) is 211 Å². The number of H-pyrrole nitrogens is 2. The number of aromatic amines is 2. The number of hydrogen-bond donors (Lipinski definition) is 2. The quantitative estimate of drug-likeness (QED) is 0.180. The van der Waals surface area contributed by atoms with Crippen LogP contribution < -0.4 is 0 Å². The average molecular weight is 717 g/mol. The van der Waals surface area contributed by atoms with Gasteiger partial charge in [0.05, 0.1) is 22.8 Å². The molecule has 0 saturated carbocycles. The van der Waals surface area contributed by atoms with Crippen molar-refractivity contribution in [2.45, 2.75) is 0 Å². The van der Waals surface area contributed by atoms with Crippen molar-refractivity contribution in [1.29, 1.82) is 0 Å². The molecule has 56 heavy (non-hydrogen) atoms. The van der Waals surface area contributed by atoms with Gasteiger partial charge in [-0.3, -0.25) is 0 Å². The number of fused-ring (bicyclic) bond motifs is 8. The molecule has 0 spiro atoms. The second kappa shape index (κ2) is 14.0. The minimum atomic E-state index is 0.852. The van der Waals surface area contributed by atoms with Crippen LogP contribution in [0.2, 0.25) is 0 Å². The zero-order valence-corrected chi connectivity index (χ0v) is 30.6. The van der Waals surface area contributed by atoms with Crippen LogP contribution in [0.3, 0.4) is 0 Å². The van der Waals surface area contributed by atoms with E-state index in [-0.39, 0.29) is 0 Å². The summed E-state index contributed by atoms with van der Waals surface area (Å²) in [6.07, 6.45) is 6.49. The molecule has 10 rings (SSSR count). The van der Waals surface area contributed by atoms with Crippen LogP contribution in [-0.4, -0.2) is 19.9 Å². The Kier molecular flexibility index (Phi) is 8.27. The zero-order valence-electron chi connectivity index (χ0n) is 30.6. The molecule has 8 aromatic rings. The first-order valence-electron chi connectivity index (χ1n) is 18.9. The van der Waals surface area contributed by atoms with E-state index in [0.717, 1.165) is 106 Å². The molecule has 2 aliphatic rings. The van der Waals surface area contributed by atoms with E-state index in [4.69, 9.17) is 16.5 Å². The van der Waals surface area contributed by atoms with Crippen LogP contribution in [0.5, 0.6) is 0 Å². The molecule has 4 heteroatoms. The third-order valence-electron chi connectivity index (χ3n) is 10.6. The summed E-state index contributed by atoms with van der Waals surface area (Å²) in [5.41, 5.74) is 18.5. The minimum Gasteiger partial charge on any atom is -0.354 e. The van der Waals surface area contributed by atoms with Gasteiger partial charge in [0, 0.05) is 49.9 Å². The van der Waals surface area contributed by atoms with E-state index in [9.17, 15) is 0 Å². The highest BCUT2D eigenvalue weighted by Gasteiger charge is 2.24. The molecule has 264 valence electrons. The smallest absolute Gasteiger partial charge is 0.0815 e. The molecule has 4 nitrogen and oxygen atoms in total. The van der Waals surface area contributed by atoms with Gasteiger partial charge >= 0.3 is 0 Å². The monoisotopic (exact) mass is 716 g/mol. The van der Waals surface area contributed by atoms with Crippen molar-refractivity contribution in [2.24, 2.45) is 0 Å². The summed E-state index contributed by atoms with van der Waals surface area (Å²) in [7, 11) is 0. The fourth-order valence-electron chi connectivity index (χ4n) is 7.94. The summed E-state index contributed by atoms with van der Waals surface area (Å²) < 4.78 is 0. The first-order chi connectivity index (χ1) is 27.7. The van der Waals surface area contributed by atoms with E-state index < -0.39 is 0 Å². The Morgan fingerprint density at radius 1 is 0.375 bits per heavy atom. The van der Waals surface area contributed by atoms with Crippen LogP contribution in [0.4, 0.5) is 0 Å². The highest BCUT2D eigenvalue weighted by Crippen LogP contribution is 2.43. The number of aromatic nitrogens is 4. The van der Waals surface area contributed by atoms with Gasteiger partial charge in [-0.1, -0.05) is 158 Å². The molecule has 0 fully saturated rings. The number of benzene rings is 5. The molecule has 0 amide bonds. The van der Waals surface area contributed by atoms with E-state index in [2.05, 4.69) is 198 Å². The number of allylic oxidation sites excluding steroid dienone is 2. The molecule has 2 aliphatic heterocycles. The van der Waals surface area contributed by atoms with Gasteiger partial charge in [0.15, 0.2) is 0 Å².